The minimum Gasteiger partial charge on any atom is -0.469 e. The monoisotopic (exact) mass is 298 g/mol. The molecule has 2 aromatic rings. The molecule has 1 unspecified atom stereocenters. The minimum atomic E-state index is -0.151. The van der Waals surface area contributed by atoms with E-state index in [-0.39, 0.29) is 11.9 Å². The van der Waals surface area contributed by atoms with Gasteiger partial charge < -0.3 is 10.5 Å². The average Bonchev–Trinajstić information content (AvgIpc) is 2.55. The fraction of sp³-hybridized carbons (Fsp3) is 0.333. The van der Waals surface area contributed by atoms with Crippen molar-refractivity contribution < 1.29 is 9.53 Å². The Balaban J connectivity index is 2.08. The quantitative estimate of drug-likeness (QED) is 0.482. The first-order valence-electron chi connectivity index (χ1n) is 7.53. The summed E-state index contributed by atoms with van der Waals surface area (Å²) in [6.45, 7) is 0. The molecule has 0 amide bonds. The zero-order chi connectivity index (χ0) is 15.8. The third-order valence-corrected chi connectivity index (χ3v) is 3.75. The van der Waals surface area contributed by atoms with Crippen LogP contribution in [-0.4, -0.2) is 18.1 Å². The number of hydrogen-bond donors (Lipinski definition) is 1. The summed E-state index contributed by atoms with van der Waals surface area (Å²) in [5.41, 5.74) is 9.03. The number of nitrogen functional groups attached to an aromatic ring is 1. The van der Waals surface area contributed by atoms with E-state index in [4.69, 9.17) is 5.73 Å². The van der Waals surface area contributed by atoms with Gasteiger partial charge in [0.1, 0.15) is 0 Å². The van der Waals surface area contributed by atoms with Crippen molar-refractivity contribution in [3.8, 4) is 0 Å². The Kier molecular flexibility index (Phi) is 5.95. The Hall–Kier alpha value is -2.36. The van der Waals surface area contributed by atoms with E-state index in [2.05, 4.69) is 21.9 Å². The molecule has 0 aliphatic rings. The fourth-order valence-electron chi connectivity index (χ4n) is 2.60. The highest BCUT2D eigenvalue weighted by Gasteiger charge is 2.14. The normalized spacial score (nSPS) is 11.9. The van der Waals surface area contributed by atoms with Gasteiger partial charge in [0.2, 0.25) is 0 Å². The first-order valence-corrected chi connectivity index (χ1v) is 7.53. The molecule has 0 aliphatic heterocycles. The second kappa shape index (κ2) is 8.17. The van der Waals surface area contributed by atoms with Crippen LogP contribution >= 0.6 is 0 Å². The summed E-state index contributed by atoms with van der Waals surface area (Å²) in [4.78, 5) is 15.4. The van der Waals surface area contributed by atoms with Crippen molar-refractivity contribution in [2.45, 2.75) is 31.6 Å². The number of nitrogens with zero attached hydrogens (tertiary/aromatic N) is 1. The van der Waals surface area contributed by atoms with Crippen molar-refractivity contribution in [1.29, 1.82) is 0 Å². The van der Waals surface area contributed by atoms with E-state index in [1.54, 1.807) is 6.20 Å². The molecule has 1 aromatic carbocycles. The summed E-state index contributed by atoms with van der Waals surface area (Å²) in [6, 6.07) is 12.0. The molecule has 1 atom stereocenters. The summed E-state index contributed by atoms with van der Waals surface area (Å²) in [6.07, 6.45) is 6.86. The Labute approximate surface area is 131 Å². The van der Waals surface area contributed by atoms with E-state index in [1.165, 1.54) is 18.2 Å². The van der Waals surface area contributed by atoms with E-state index in [0.29, 0.717) is 6.42 Å². The van der Waals surface area contributed by atoms with Crippen LogP contribution in [-0.2, 0) is 9.53 Å². The molecule has 0 saturated heterocycles. The zero-order valence-electron chi connectivity index (χ0n) is 12.9. The van der Waals surface area contributed by atoms with Crippen LogP contribution in [0.4, 0.5) is 5.69 Å². The smallest absolute Gasteiger partial charge is 0.305 e. The molecular weight excluding hydrogens is 276 g/mol. The van der Waals surface area contributed by atoms with Crippen LogP contribution in [0.1, 0.15) is 42.7 Å². The molecular formula is C18H22N2O2. The van der Waals surface area contributed by atoms with Gasteiger partial charge in [0.25, 0.3) is 0 Å². The molecule has 116 valence electrons. The summed E-state index contributed by atoms with van der Waals surface area (Å²) < 4.78 is 4.68. The third-order valence-electron chi connectivity index (χ3n) is 3.75. The fourth-order valence-corrected chi connectivity index (χ4v) is 2.60. The molecule has 0 saturated carbocycles. The molecule has 0 spiro atoms. The first kappa shape index (κ1) is 16.0. The van der Waals surface area contributed by atoms with Gasteiger partial charge in [0, 0.05) is 30.4 Å². The van der Waals surface area contributed by atoms with Crippen LogP contribution in [0.2, 0.25) is 0 Å². The number of carbonyl (C=O) groups excluding carboxylic acids is 1. The van der Waals surface area contributed by atoms with Gasteiger partial charge in [0.05, 0.1) is 7.11 Å². The van der Waals surface area contributed by atoms with Gasteiger partial charge in [-0.05, 0) is 42.2 Å². The topological polar surface area (TPSA) is 65.2 Å². The Morgan fingerprint density at radius 3 is 2.73 bits per heavy atom. The van der Waals surface area contributed by atoms with Gasteiger partial charge >= 0.3 is 5.97 Å². The maximum atomic E-state index is 11.2. The van der Waals surface area contributed by atoms with Crippen LogP contribution in [0.5, 0.6) is 0 Å². The summed E-state index contributed by atoms with van der Waals surface area (Å²) >= 11 is 0. The number of hydrogen-bond acceptors (Lipinski definition) is 4. The average molecular weight is 298 g/mol. The lowest BCUT2D eigenvalue weighted by Gasteiger charge is -2.18. The Bertz CT molecular complexity index is 599. The van der Waals surface area contributed by atoms with Gasteiger partial charge in [-0.3, -0.25) is 9.78 Å². The second-order valence-electron chi connectivity index (χ2n) is 5.33. The van der Waals surface area contributed by atoms with E-state index in [1.807, 2.05) is 30.5 Å². The van der Waals surface area contributed by atoms with Crippen molar-refractivity contribution in [3.63, 3.8) is 0 Å². The molecule has 0 bridgehead atoms. The molecule has 2 rings (SSSR count). The molecule has 22 heavy (non-hydrogen) atoms. The molecule has 1 aromatic heterocycles. The van der Waals surface area contributed by atoms with Gasteiger partial charge in [-0.2, -0.15) is 0 Å². The number of nitrogens with two attached hydrogens (primary N) is 1. The SMILES string of the molecule is COC(=O)CCCCC(c1cccnc1)c1cccc(N)c1. The second-order valence-corrected chi connectivity index (χ2v) is 5.33. The molecule has 4 heteroatoms. The molecule has 0 radical (unpaired) electrons. The van der Waals surface area contributed by atoms with Crippen LogP contribution in [0, 0.1) is 0 Å². The number of methoxy groups -OCH3 is 1. The molecule has 1 heterocycles. The van der Waals surface area contributed by atoms with Crippen LogP contribution in [0.25, 0.3) is 0 Å². The van der Waals surface area contributed by atoms with Gasteiger partial charge in [-0.1, -0.05) is 24.6 Å². The van der Waals surface area contributed by atoms with E-state index >= 15 is 0 Å². The maximum Gasteiger partial charge on any atom is 0.305 e. The molecule has 0 aliphatic carbocycles. The highest BCUT2D eigenvalue weighted by molar-refractivity contribution is 5.68. The van der Waals surface area contributed by atoms with Crippen LogP contribution < -0.4 is 5.73 Å². The van der Waals surface area contributed by atoms with E-state index in [9.17, 15) is 4.79 Å². The van der Waals surface area contributed by atoms with Crippen molar-refractivity contribution in [1.82, 2.24) is 4.98 Å². The molecule has 0 fully saturated rings. The third kappa shape index (κ3) is 4.58. The van der Waals surface area contributed by atoms with Gasteiger partial charge in [-0.15, -0.1) is 0 Å². The number of pyridine rings is 1. The number of rotatable bonds is 7. The van der Waals surface area contributed by atoms with Crippen molar-refractivity contribution >= 4 is 11.7 Å². The van der Waals surface area contributed by atoms with Crippen molar-refractivity contribution in [2.24, 2.45) is 0 Å². The molecule has 2 N–H and O–H groups in total. The highest BCUT2D eigenvalue weighted by atomic mass is 16.5. The number of ether oxygens (including phenoxy) is 1. The minimum absolute atomic E-state index is 0.151. The van der Waals surface area contributed by atoms with Crippen molar-refractivity contribution in [2.75, 3.05) is 12.8 Å². The number of esters is 1. The lowest BCUT2D eigenvalue weighted by atomic mass is 9.87. The lowest BCUT2D eigenvalue weighted by Crippen LogP contribution is -2.04. The predicted molar refractivity (Wildman–Crippen MR) is 87.4 cm³/mol. The standard InChI is InChI=1S/C18H22N2O2/c1-22-18(21)10-3-2-9-17(15-7-5-11-20-13-15)14-6-4-8-16(19)12-14/h4-8,11-13,17H,2-3,9-10,19H2,1H3. The number of unbranched alkanes of at least 4 members (excludes halogenated alkanes) is 1. The van der Waals surface area contributed by atoms with Gasteiger partial charge in [0.15, 0.2) is 0 Å². The number of carbonyl (C=O) groups is 1. The number of benzene rings is 1. The van der Waals surface area contributed by atoms with Crippen molar-refractivity contribution in [3.05, 3.63) is 59.9 Å². The first-order chi connectivity index (χ1) is 10.7. The Morgan fingerprint density at radius 1 is 1.23 bits per heavy atom. The number of anilines is 1. The van der Waals surface area contributed by atoms with Crippen LogP contribution in [0.3, 0.4) is 0 Å². The summed E-state index contributed by atoms with van der Waals surface area (Å²) in [5.74, 6) is 0.0942. The van der Waals surface area contributed by atoms with Crippen LogP contribution in [0.15, 0.2) is 48.8 Å². The summed E-state index contributed by atoms with van der Waals surface area (Å²) in [5, 5.41) is 0. The van der Waals surface area contributed by atoms with E-state index < -0.39 is 0 Å². The summed E-state index contributed by atoms with van der Waals surface area (Å²) in [7, 11) is 1.42. The highest BCUT2D eigenvalue weighted by Crippen LogP contribution is 2.30. The van der Waals surface area contributed by atoms with Gasteiger partial charge in [-0.25, -0.2) is 0 Å². The Morgan fingerprint density at radius 2 is 2.05 bits per heavy atom. The lowest BCUT2D eigenvalue weighted by molar-refractivity contribution is -0.140. The zero-order valence-corrected chi connectivity index (χ0v) is 12.9. The predicted octanol–water partition coefficient (Wildman–Crippen LogP) is 3.53. The largest absolute Gasteiger partial charge is 0.469 e. The number of aromatic nitrogens is 1. The van der Waals surface area contributed by atoms with E-state index in [0.717, 1.165) is 24.9 Å². The maximum absolute atomic E-state index is 11.2. The molecule has 4 nitrogen and oxygen atoms in total.